The molecule has 1 atom stereocenters. The molecule has 1 aliphatic carbocycles. The van der Waals surface area contributed by atoms with Crippen LogP contribution < -0.4 is 14.8 Å². The lowest BCUT2D eigenvalue weighted by atomic mass is 9.96. The molecule has 1 aliphatic heterocycles. The second kappa shape index (κ2) is 10.6. The molecule has 33 heavy (non-hydrogen) atoms. The van der Waals surface area contributed by atoms with Crippen LogP contribution in [0.3, 0.4) is 0 Å². The van der Waals surface area contributed by atoms with Gasteiger partial charge in [0.1, 0.15) is 18.1 Å². The number of para-hydroxylation sites is 1. The summed E-state index contributed by atoms with van der Waals surface area (Å²) in [6, 6.07) is 12.1. The molecule has 1 heterocycles. The summed E-state index contributed by atoms with van der Waals surface area (Å²) in [6.07, 6.45) is 4.71. The number of carbonyl (C=O) groups excluding carboxylic acids is 2. The molecule has 2 aromatic rings. The fourth-order valence-corrected chi connectivity index (χ4v) is 4.51. The van der Waals surface area contributed by atoms with E-state index < -0.39 is 12.5 Å². The van der Waals surface area contributed by atoms with Crippen molar-refractivity contribution in [3.05, 3.63) is 59.2 Å². The van der Waals surface area contributed by atoms with E-state index in [0.717, 1.165) is 18.6 Å². The number of alkyl halides is 2. The van der Waals surface area contributed by atoms with Crippen molar-refractivity contribution in [3.8, 4) is 11.5 Å². The van der Waals surface area contributed by atoms with Crippen molar-refractivity contribution in [2.45, 2.75) is 38.7 Å². The highest BCUT2D eigenvalue weighted by molar-refractivity contribution is 5.97. The zero-order valence-electron chi connectivity index (χ0n) is 18.4. The number of fused-ring (bicyclic) bond motifs is 1. The van der Waals surface area contributed by atoms with E-state index in [0.29, 0.717) is 32.5 Å². The van der Waals surface area contributed by atoms with E-state index in [-0.39, 0.29) is 29.7 Å². The first-order chi connectivity index (χ1) is 16.0. The van der Waals surface area contributed by atoms with Gasteiger partial charge in [-0.15, -0.1) is 0 Å². The molecular weight excluding hydrogens is 430 g/mol. The van der Waals surface area contributed by atoms with E-state index >= 15 is 0 Å². The van der Waals surface area contributed by atoms with Gasteiger partial charge in [-0.3, -0.25) is 9.59 Å². The molecule has 1 N–H and O–H groups in total. The number of halogens is 2. The van der Waals surface area contributed by atoms with Crippen molar-refractivity contribution in [2.24, 2.45) is 5.92 Å². The third-order valence-corrected chi connectivity index (χ3v) is 6.15. The zero-order chi connectivity index (χ0) is 23.2. The van der Waals surface area contributed by atoms with Crippen LogP contribution in [0.4, 0.5) is 8.78 Å². The van der Waals surface area contributed by atoms with Crippen molar-refractivity contribution in [1.29, 1.82) is 0 Å². The molecule has 176 valence electrons. The molecule has 6 nitrogen and oxygen atoms in total. The summed E-state index contributed by atoms with van der Waals surface area (Å²) in [5, 5.41) is 2.89. The summed E-state index contributed by atoms with van der Waals surface area (Å²) in [5.74, 6) is -0.256. The van der Waals surface area contributed by atoms with Gasteiger partial charge in [0, 0.05) is 13.1 Å². The van der Waals surface area contributed by atoms with Crippen molar-refractivity contribution in [1.82, 2.24) is 10.2 Å². The topological polar surface area (TPSA) is 67.9 Å². The lowest BCUT2D eigenvalue weighted by molar-refractivity contribution is -0.126. The lowest BCUT2D eigenvalue weighted by Gasteiger charge is -2.32. The number of ether oxygens (including phenoxy) is 2. The number of benzene rings is 2. The minimum atomic E-state index is -3.02. The first kappa shape index (κ1) is 23.0. The third kappa shape index (κ3) is 5.80. The molecule has 1 saturated heterocycles. The van der Waals surface area contributed by atoms with Crippen LogP contribution in [-0.2, 0) is 17.6 Å². The molecule has 0 aromatic heterocycles. The molecule has 2 aliphatic rings. The summed E-state index contributed by atoms with van der Waals surface area (Å²) in [5.41, 5.74) is 2.79. The van der Waals surface area contributed by atoms with E-state index in [2.05, 4.69) is 22.2 Å². The number of rotatable bonds is 8. The van der Waals surface area contributed by atoms with Gasteiger partial charge in [0.05, 0.1) is 18.0 Å². The highest BCUT2D eigenvalue weighted by Crippen LogP contribution is 2.27. The average Bonchev–Trinajstić information content (AvgIpc) is 3.29. The number of nitrogens with zero attached hydrogens (tertiary/aromatic N) is 1. The maximum Gasteiger partial charge on any atom is 0.387 e. The van der Waals surface area contributed by atoms with E-state index in [1.54, 1.807) is 6.07 Å². The van der Waals surface area contributed by atoms with E-state index in [9.17, 15) is 18.4 Å². The Morgan fingerprint density at radius 3 is 2.76 bits per heavy atom. The molecule has 0 radical (unpaired) electrons. The smallest absolute Gasteiger partial charge is 0.387 e. The number of hydrogen-bond donors (Lipinski definition) is 1. The third-order valence-electron chi connectivity index (χ3n) is 6.15. The minimum absolute atomic E-state index is 0.0709. The highest BCUT2D eigenvalue weighted by Gasteiger charge is 2.30. The van der Waals surface area contributed by atoms with Gasteiger partial charge in [-0.2, -0.15) is 8.78 Å². The molecule has 1 unspecified atom stereocenters. The number of amides is 2. The Balaban J connectivity index is 1.27. The molecule has 2 aromatic carbocycles. The summed E-state index contributed by atoms with van der Waals surface area (Å²) in [6.45, 7) is -1.59. The molecule has 1 fully saturated rings. The first-order valence-corrected chi connectivity index (χ1v) is 11.4. The number of aryl methyl sites for hydroxylation is 2. The molecule has 2 amide bonds. The standard InChI is InChI=1S/C25H28F2N2O4/c26-25(27)33-22-9-2-1-8-21(22)24(31)29-13-4-7-19(16-29)23(30)28-12-14-32-20-11-10-17-5-3-6-18(17)15-20/h1-2,8-11,15,19,25H,3-7,12-14,16H2,(H,28,30). The maximum atomic E-state index is 12.9. The summed E-state index contributed by atoms with van der Waals surface area (Å²) in [7, 11) is 0. The van der Waals surface area contributed by atoms with Crippen LogP contribution in [-0.4, -0.2) is 49.6 Å². The average molecular weight is 459 g/mol. The van der Waals surface area contributed by atoms with Gasteiger partial charge in [0.25, 0.3) is 5.91 Å². The van der Waals surface area contributed by atoms with Crippen LogP contribution in [0.15, 0.2) is 42.5 Å². The van der Waals surface area contributed by atoms with Crippen LogP contribution in [0.25, 0.3) is 0 Å². The van der Waals surface area contributed by atoms with Gasteiger partial charge in [0.15, 0.2) is 0 Å². The van der Waals surface area contributed by atoms with Gasteiger partial charge in [-0.1, -0.05) is 18.2 Å². The summed E-state index contributed by atoms with van der Waals surface area (Å²) < 4.78 is 35.6. The molecule has 4 rings (SSSR count). The van der Waals surface area contributed by atoms with Crippen LogP contribution in [0.1, 0.15) is 40.7 Å². The Morgan fingerprint density at radius 2 is 1.91 bits per heavy atom. The van der Waals surface area contributed by atoms with Crippen molar-refractivity contribution in [2.75, 3.05) is 26.2 Å². The zero-order valence-corrected chi connectivity index (χ0v) is 18.4. The van der Waals surface area contributed by atoms with Gasteiger partial charge >= 0.3 is 6.61 Å². The number of nitrogens with one attached hydrogen (secondary N) is 1. The van der Waals surface area contributed by atoms with E-state index in [4.69, 9.17) is 4.74 Å². The second-order valence-electron chi connectivity index (χ2n) is 8.39. The highest BCUT2D eigenvalue weighted by atomic mass is 19.3. The Morgan fingerprint density at radius 1 is 1.09 bits per heavy atom. The number of likely N-dealkylation sites (tertiary alicyclic amines) is 1. The van der Waals surface area contributed by atoms with E-state index in [1.807, 2.05) is 6.07 Å². The van der Waals surface area contributed by atoms with Crippen LogP contribution in [0.5, 0.6) is 11.5 Å². The van der Waals surface area contributed by atoms with Gasteiger partial charge in [-0.25, -0.2) is 0 Å². The van der Waals surface area contributed by atoms with Crippen molar-refractivity contribution in [3.63, 3.8) is 0 Å². The SMILES string of the molecule is O=C(NCCOc1ccc2c(c1)CCC2)C1CCCN(C(=O)c2ccccc2OC(F)F)C1. The Kier molecular flexibility index (Phi) is 7.42. The fraction of sp³-hybridized carbons (Fsp3) is 0.440. The second-order valence-corrected chi connectivity index (χ2v) is 8.39. The number of carbonyl (C=O) groups is 2. The maximum absolute atomic E-state index is 12.9. The Labute approximate surface area is 191 Å². The van der Waals surface area contributed by atoms with Crippen LogP contribution >= 0.6 is 0 Å². The Hall–Kier alpha value is -3.16. The molecular formula is C25H28F2N2O4. The number of piperidine rings is 1. The van der Waals surface area contributed by atoms with Gasteiger partial charge in [-0.05, 0) is 67.5 Å². The van der Waals surface area contributed by atoms with E-state index in [1.165, 1.54) is 40.6 Å². The summed E-state index contributed by atoms with van der Waals surface area (Å²) >= 11 is 0. The van der Waals surface area contributed by atoms with Crippen molar-refractivity contribution < 1.29 is 27.8 Å². The van der Waals surface area contributed by atoms with Crippen molar-refractivity contribution >= 4 is 11.8 Å². The van der Waals surface area contributed by atoms with Crippen LogP contribution in [0.2, 0.25) is 0 Å². The molecule has 0 spiro atoms. The first-order valence-electron chi connectivity index (χ1n) is 11.4. The molecule has 0 bridgehead atoms. The predicted octanol–water partition coefficient (Wildman–Crippen LogP) is 3.82. The van der Waals surface area contributed by atoms with Crippen LogP contribution in [0, 0.1) is 5.92 Å². The normalized spacial score (nSPS) is 17.5. The van der Waals surface area contributed by atoms with Gasteiger partial charge < -0.3 is 19.7 Å². The Bertz CT molecular complexity index is 998. The molecule has 8 heteroatoms. The number of hydrogen-bond acceptors (Lipinski definition) is 4. The molecule has 0 saturated carbocycles. The van der Waals surface area contributed by atoms with Gasteiger partial charge in [0.2, 0.25) is 5.91 Å². The quantitative estimate of drug-likeness (QED) is 0.611. The fourth-order valence-electron chi connectivity index (χ4n) is 4.51. The largest absolute Gasteiger partial charge is 0.492 e. The predicted molar refractivity (Wildman–Crippen MR) is 119 cm³/mol. The lowest BCUT2D eigenvalue weighted by Crippen LogP contribution is -2.46. The monoisotopic (exact) mass is 458 g/mol. The minimum Gasteiger partial charge on any atom is -0.492 e. The summed E-state index contributed by atoms with van der Waals surface area (Å²) in [4.78, 5) is 27.1.